The summed E-state index contributed by atoms with van der Waals surface area (Å²) in [5.74, 6) is 0.662. The highest BCUT2D eigenvalue weighted by atomic mass is 16.6. The first-order valence-corrected chi connectivity index (χ1v) is 12.8. The lowest BCUT2D eigenvalue weighted by Crippen LogP contribution is -2.68. The molecule has 180 valence electrons. The summed E-state index contributed by atoms with van der Waals surface area (Å²) in [4.78, 5) is 12.0. The van der Waals surface area contributed by atoms with E-state index < -0.39 is 17.8 Å². The van der Waals surface area contributed by atoms with Gasteiger partial charge in [0.25, 0.3) is 0 Å². The molecule has 4 aliphatic carbocycles. The first kappa shape index (κ1) is 22.9. The SMILES string of the molecule is CC(=O)OC[C@@]12CC[C@H]3C(C)(C)CCC[C@]3(C)[C@H]1C[C@@H](O)[C@]1(C)[C@@H]3C(=CC[C@@H]21)CO[C@H]3O. The van der Waals surface area contributed by atoms with Gasteiger partial charge in [-0.3, -0.25) is 4.79 Å². The Bertz CT molecular complexity index is 819. The predicted molar refractivity (Wildman–Crippen MR) is 121 cm³/mol. The molecule has 9 atom stereocenters. The van der Waals surface area contributed by atoms with Gasteiger partial charge in [0.15, 0.2) is 6.29 Å². The molecular formula is C27H42O5. The summed E-state index contributed by atoms with van der Waals surface area (Å²) in [5.41, 5.74) is 0.890. The van der Waals surface area contributed by atoms with Crippen LogP contribution in [0, 0.1) is 45.3 Å². The number of allylic oxidation sites excluding steroid dienone is 1. The number of esters is 1. The van der Waals surface area contributed by atoms with E-state index in [-0.39, 0.29) is 28.6 Å². The molecule has 0 amide bonds. The molecule has 4 fully saturated rings. The molecule has 2 N–H and O–H groups in total. The highest BCUT2D eigenvalue weighted by Crippen LogP contribution is 2.73. The molecule has 32 heavy (non-hydrogen) atoms. The molecule has 1 aliphatic heterocycles. The molecular weight excluding hydrogens is 404 g/mol. The van der Waals surface area contributed by atoms with Crippen LogP contribution >= 0.6 is 0 Å². The van der Waals surface area contributed by atoms with Crippen molar-refractivity contribution in [2.45, 2.75) is 92.0 Å². The minimum absolute atomic E-state index is 0.122. The van der Waals surface area contributed by atoms with Crippen molar-refractivity contribution >= 4 is 5.97 Å². The number of hydrogen-bond donors (Lipinski definition) is 2. The van der Waals surface area contributed by atoms with Gasteiger partial charge in [0, 0.05) is 23.7 Å². The van der Waals surface area contributed by atoms with Gasteiger partial charge in [-0.15, -0.1) is 0 Å². The molecule has 1 heterocycles. The van der Waals surface area contributed by atoms with Crippen molar-refractivity contribution < 1.29 is 24.5 Å². The summed E-state index contributed by atoms with van der Waals surface area (Å²) in [6.45, 7) is 11.9. The minimum Gasteiger partial charge on any atom is -0.465 e. The first-order chi connectivity index (χ1) is 15.0. The number of aliphatic hydroxyl groups is 2. The van der Waals surface area contributed by atoms with E-state index in [9.17, 15) is 15.0 Å². The van der Waals surface area contributed by atoms with Crippen molar-refractivity contribution in [1.82, 2.24) is 0 Å². The van der Waals surface area contributed by atoms with E-state index in [1.165, 1.54) is 26.2 Å². The van der Waals surface area contributed by atoms with E-state index in [2.05, 4.69) is 33.8 Å². The zero-order chi connectivity index (χ0) is 23.1. The highest BCUT2D eigenvalue weighted by Gasteiger charge is 2.71. The van der Waals surface area contributed by atoms with Gasteiger partial charge in [-0.25, -0.2) is 0 Å². The molecule has 0 spiro atoms. The van der Waals surface area contributed by atoms with Crippen LogP contribution in [0.5, 0.6) is 0 Å². The minimum atomic E-state index is -0.869. The standard InChI is InChI=1S/C27H42O5/c1-16(28)32-15-27-12-9-18-24(2,3)10-6-11-25(18,4)20(27)13-21(29)26(5)19(27)8-7-17-14-31-23(30)22(17)26/h7,18-23,29-30H,6,8-15H2,1-5H3/t18-,19+,20+,21+,22+,23+,25-,26+,27+/m0/s1. The third-order valence-electron chi connectivity index (χ3n) is 11.2. The lowest BCUT2D eigenvalue weighted by Gasteiger charge is -2.70. The summed E-state index contributed by atoms with van der Waals surface area (Å²) in [6.07, 6.45) is 8.29. The predicted octanol–water partition coefficient (Wildman–Crippen LogP) is 4.46. The van der Waals surface area contributed by atoms with Gasteiger partial charge in [0.05, 0.1) is 19.3 Å². The third kappa shape index (κ3) is 2.89. The van der Waals surface area contributed by atoms with Crippen LogP contribution in [0.15, 0.2) is 11.6 Å². The largest absolute Gasteiger partial charge is 0.465 e. The molecule has 1 saturated heterocycles. The Morgan fingerprint density at radius 2 is 1.88 bits per heavy atom. The molecule has 0 aromatic heterocycles. The summed E-state index contributed by atoms with van der Waals surface area (Å²) in [7, 11) is 0. The summed E-state index contributed by atoms with van der Waals surface area (Å²) >= 11 is 0. The van der Waals surface area contributed by atoms with Gasteiger partial charge < -0.3 is 19.7 Å². The Labute approximate surface area is 192 Å². The maximum absolute atomic E-state index is 12.0. The normalized spacial score (nSPS) is 51.5. The highest BCUT2D eigenvalue weighted by molar-refractivity contribution is 5.66. The van der Waals surface area contributed by atoms with Crippen LogP contribution < -0.4 is 0 Å². The van der Waals surface area contributed by atoms with Crippen molar-refractivity contribution in [3.05, 3.63) is 11.6 Å². The van der Waals surface area contributed by atoms with E-state index in [0.717, 1.165) is 24.8 Å². The fourth-order valence-electron chi connectivity index (χ4n) is 9.93. The van der Waals surface area contributed by atoms with E-state index in [4.69, 9.17) is 9.47 Å². The van der Waals surface area contributed by atoms with Gasteiger partial charge in [0.1, 0.15) is 0 Å². The number of carbonyl (C=O) groups is 1. The van der Waals surface area contributed by atoms with E-state index in [0.29, 0.717) is 36.9 Å². The first-order valence-electron chi connectivity index (χ1n) is 12.8. The smallest absolute Gasteiger partial charge is 0.302 e. The van der Waals surface area contributed by atoms with E-state index in [1.54, 1.807) is 0 Å². The molecule has 5 heteroatoms. The number of hydrogen-bond acceptors (Lipinski definition) is 5. The molecule has 0 bridgehead atoms. The van der Waals surface area contributed by atoms with E-state index in [1.807, 2.05) is 0 Å². The third-order valence-corrected chi connectivity index (χ3v) is 11.2. The zero-order valence-corrected chi connectivity index (χ0v) is 20.5. The number of fused-ring (bicyclic) bond motifs is 7. The van der Waals surface area contributed by atoms with Crippen molar-refractivity contribution in [3.63, 3.8) is 0 Å². The second-order valence-electron chi connectivity index (χ2n) is 12.9. The molecule has 0 radical (unpaired) electrons. The fourth-order valence-corrected chi connectivity index (χ4v) is 9.93. The molecule has 0 aromatic carbocycles. The monoisotopic (exact) mass is 446 g/mol. The average Bonchev–Trinajstić information content (AvgIpc) is 3.09. The summed E-state index contributed by atoms with van der Waals surface area (Å²) in [6, 6.07) is 0. The Balaban J connectivity index is 1.63. The number of aliphatic hydroxyl groups excluding tert-OH is 2. The van der Waals surface area contributed by atoms with Crippen LogP contribution in [0.4, 0.5) is 0 Å². The van der Waals surface area contributed by atoms with Gasteiger partial charge in [0.2, 0.25) is 0 Å². The zero-order valence-electron chi connectivity index (χ0n) is 20.5. The van der Waals surface area contributed by atoms with Crippen LogP contribution in [-0.2, 0) is 14.3 Å². The van der Waals surface area contributed by atoms with Crippen molar-refractivity contribution in [3.8, 4) is 0 Å². The Hall–Kier alpha value is -0.910. The van der Waals surface area contributed by atoms with E-state index >= 15 is 0 Å². The quantitative estimate of drug-likeness (QED) is 0.484. The molecule has 3 saturated carbocycles. The molecule has 0 unspecified atom stereocenters. The van der Waals surface area contributed by atoms with Crippen LogP contribution in [0.25, 0.3) is 0 Å². The fraction of sp³-hybridized carbons (Fsp3) is 0.889. The second kappa shape index (κ2) is 7.29. The number of rotatable bonds is 2. The van der Waals surface area contributed by atoms with Crippen molar-refractivity contribution in [2.24, 2.45) is 45.3 Å². The van der Waals surface area contributed by atoms with Gasteiger partial charge in [-0.2, -0.15) is 0 Å². The molecule has 0 aromatic rings. The van der Waals surface area contributed by atoms with Gasteiger partial charge in [-0.1, -0.05) is 40.2 Å². The maximum atomic E-state index is 12.0. The molecule has 5 nitrogen and oxygen atoms in total. The molecule has 5 rings (SSSR count). The summed E-state index contributed by atoms with van der Waals surface area (Å²) < 4.78 is 11.5. The Kier molecular flexibility index (Phi) is 5.21. The van der Waals surface area contributed by atoms with Crippen LogP contribution in [-0.4, -0.2) is 41.8 Å². The number of ether oxygens (including phenoxy) is 2. The maximum Gasteiger partial charge on any atom is 0.302 e. The Morgan fingerprint density at radius 3 is 2.59 bits per heavy atom. The van der Waals surface area contributed by atoms with Gasteiger partial charge >= 0.3 is 5.97 Å². The lowest BCUT2D eigenvalue weighted by atomic mass is 9.34. The van der Waals surface area contributed by atoms with Crippen LogP contribution in [0.1, 0.15) is 79.6 Å². The van der Waals surface area contributed by atoms with Crippen LogP contribution in [0.3, 0.4) is 0 Å². The Morgan fingerprint density at radius 1 is 1.12 bits per heavy atom. The van der Waals surface area contributed by atoms with Crippen molar-refractivity contribution in [2.75, 3.05) is 13.2 Å². The van der Waals surface area contributed by atoms with Crippen molar-refractivity contribution in [1.29, 1.82) is 0 Å². The molecule has 5 aliphatic rings. The lowest BCUT2D eigenvalue weighted by molar-refractivity contribution is -0.263. The average molecular weight is 447 g/mol. The van der Waals surface area contributed by atoms with Gasteiger partial charge in [-0.05, 0) is 72.7 Å². The second-order valence-corrected chi connectivity index (χ2v) is 12.9. The topological polar surface area (TPSA) is 76.0 Å². The summed E-state index contributed by atoms with van der Waals surface area (Å²) in [5, 5.41) is 22.6. The van der Waals surface area contributed by atoms with Crippen LogP contribution in [0.2, 0.25) is 0 Å². The number of carbonyl (C=O) groups excluding carboxylic acids is 1.